The van der Waals surface area contributed by atoms with Crippen LogP contribution in [0.4, 0.5) is 0 Å². The van der Waals surface area contributed by atoms with Gasteiger partial charge in [0, 0.05) is 15.4 Å². The van der Waals surface area contributed by atoms with Gasteiger partial charge < -0.3 is 0 Å². The van der Waals surface area contributed by atoms with Crippen molar-refractivity contribution in [2.75, 3.05) is 0 Å². The normalized spacial score (nSPS) is 9.56. The second kappa shape index (κ2) is 2.64. The van der Waals surface area contributed by atoms with Crippen LogP contribution in [0, 0.1) is 10.5 Å². The lowest BCUT2D eigenvalue weighted by Gasteiger charge is -1.95. The van der Waals surface area contributed by atoms with E-state index in [2.05, 4.69) is 32.6 Å². The lowest BCUT2D eigenvalue weighted by Crippen LogP contribution is -2.14. The molecule has 0 saturated carbocycles. The molecule has 2 nitrogen and oxygen atoms in total. The molecule has 9 heavy (non-hydrogen) atoms. The molecule has 0 unspecified atom stereocenters. The number of aromatic nitrogens is 2. The van der Waals surface area contributed by atoms with Crippen LogP contribution in [0.3, 0.4) is 0 Å². The largest absolute Gasteiger partial charge is 0.249 e. The summed E-state index contributed by atoms with van der Waals surface area (Å²) in [6, 6.07) is 0. The van der Waals surface area contributed by atoms with Crippen LogP contribution in [0.25, 0.3) is 0 Å². The smallest absolute Gasteiger partial charge is 0.143 e. The van der Waals surface area contributed by atoms with Crippen LogP contribution in [-0.4, -0.2) is 17.8 Å². The van der Waals surface area contributed by atoms with Gasteiger partial charge in [-0.25, -0.2) is 9.97 Å². The van der Waals surface area contributed by atoms with Crippen LogP contribution in [0.2, 0.25) is 0 Å². The molecule has 0 aliphatic heterocycles. The summed E-state index contributed by atoms with van der Waals surface area (Å²) in [4.78, 5) is 7.87. The maximum absolute atomic E-state index is 5.46. The van der Waals surface area contributed by atoms with Crippen LogP contribution >= 0.6 is 22.6 Å². The molecule has 0 aliphatic rings. The van der Waals surface area contributed by atoms with Crippen molar-refractivity contribution < 1.29 is 0 Å². The van der Waals surface area contributed by atoms with E-state index in [0.717, 1.165) is 3.57 Å². The predicted octanol–water partition coefficient (Wildman–Crippen LogP) is 0.183. The molecule has 1 rings (SSSR count). The van der Waals surface area contributed by atoms with Crippen LogP contribution in [0.5, 0.6) is 0 Å². The first-order valence-corrected chi connectivity index (χ1v) is 3.52. The zero-order valence-electron chi connectivity index (χ0n) is 4.93. The van der Waals surface area contributed by atoms with Crippen molar-refractivity contribution >= 4 is 36.0 Å². The fourth-order valence-corrected chi connectivity index (χ4v) is 0.733. The molecule has 4 heteroatoms. The molecule has 2 radical (unpaired) electrons. The number of halogens is 1. The molecule has 0 aromatic carbocycles. The molecule has 1 heterocycles. The number of hydrogen-bond donors (Lipinski definition) is 0. The molecule has 0 amide bonds. The number of hydrogen-bond acceptors (Lipinski definition) is 2. The van der Waals surface area contributed by atoms with Gasteiger partial charge in [-0.1, -0.05) is 0 Å². The van der Waals surface area contributed by atoms with Crippen molar-refractivity contribution in [1.82, 2.24) is 9.97 Å². The Morgan fingerprint density at radius 1 is 1.67 bits per heavy atom. The third-order valence-corrected chi connectivity index (χ3v) is 1.72. The second-order valence-electron chi connectivity index (χ2n) is 1.65. The summed E-state index contributed by atoms with van der Waals surface area (Å²) >= 11 is 2.09. The van der Waals surface area contributed by atoms with Crippen molar-refractivity contribution in [2.24, 2.45) is 0 Å². The molecule has 1 aromatic heterocycles. The zero-order valence-corrected chi connectivity index (χ0v) is 7.08. The van der Waals surface area contributed by atoms with E-state index in [1.54, 1.807) is 6.20 Å². The van der Waals surface area contributed by atoms with Crippen LogP contribution in [0.1, 0.15) is 5.82 Å². The van der Waals surface area contributed by atoms with Gasteiger partial charge >= 0.3 is 0 Å². The summed E-state index contributed by atoms with van der Waals surface area (Å²) in [5.41, 5.74) is 0.558. The van der Waals surface area contributed by atoms with Crippen LogP contribution in [0.15, 0.2) is 6.20 Å². The molecule has 44 valence electrons. The second-order valence-corrected chi connectivity index (χ2v) is 2.81. The van der Waals surface area contributed by atoms with E-state index in [-0.39, 0.29) is 0 Å². The van der Waals surface area contributed by atoms with Gasteiger partial charge in [0.1, 0.15) is 13.7 Å². The van der Waals surface area contributed by atoms with E-state index in [9.17, 15) is 0 Å². The van der Waals surface area contributed by atoms with Crippen molar-refractivity contribution in [3.05, 3.63) is 15.6 Å². The summed E-state index contributed by atoms with van der Waals surface area (Å²) < 4.78 is 0.901. The Kier molecular flexibility index (Phi) is 2.05. The Balaban J connectivity index is 3.17. The van der Waals surface area contributed by atoms with E-state index in [4.69, 9.17) is 7.85 Å². The van der Waals surface area contributed by atoms with Crippen molar-refractivity contribution in [3.63, 3.8) is 0 Å². The number of aryl methyl sites for hydroxylation is 1. The summed E-state index contributed by atoms with van der Waals surface area (Å²) in [5, 5.41) is 0. The fraction of sp³-hybridized carbons (Fsp3) is 0.200. The SMILES string of the molecule is [B]c1nc(C)ncc1I. The minimum absolute atomic E-state index is 0.558. The van der Waals surface area contributed by atoms with Gasteiger partial charge in [0.15, 0.2) is 0 Å². The van der Waals surface area contributed by atoms with Crippen LogP contribution < -0.4 is 5.59 Å². The van der Waals surface area contributed by atoms with Gasteiger partial charge in [-0.3, -0.25) is 0 Å². The molecule has 0 saturated heterocycles. The van der Waals surface area contributed by atoms with Gasteiger partial charge in [-0.05, 0) is 29.5 Å². The first-order valence-electron chi connectivity index (χ1n) is 2.45. The van der Waals surface area contributed by atoms with Gasteiger partial charge in [0.05, 0.1) is 0 Å². The molecule has 0 fully saturated rings. The van der Waals surface area contributed by atoms with Crippen molar-refractivity contribution in [2.45, 2.75) is 6.92 Å². The van der Waals surface area contributed by atoms with E-state index >= 15 is 0 Å². The predicted molar refractivity (Wildman–Crippen MR) is 44.9 cm³/mol. The highest BCUT2D eigenvalue weighted by Crippen LogP contribution is 1.94. The highest BCUT2D eigenvalue weighted by atomic mass is 127. The van der Waals surface area contributed by atoms with Gasteiger partial charge in [-0.2, -0.15) is 0 Å². The summed E-state index contributed by atoms with van der Waals surface area (Å²) in [5.74, 6) is 0.716. The Bertz CT molecular complexity index is 226. The molecule has 0 bridgehead atoms. The Hall–Kier alpha value is -0.125. The van der Waals surface area contributed by atoms with Crippen LogP contribution in [-0.2, 0) is 0 Å². The molecular formula is C5H4BIN2. The number of rotatable bonds is 0. The molecule has 1 aromatic rings. The lowest BCUT2D eigenvalue weighted by atomic mass is 10.1. The summed E-state index contributed by atoms with van der Waals surface area (Å²) in [7, 11) is 5.46. The molecule has 0 aliphatic carbocycles. The zero-order chi connectivity index (χ0) is 6.85. The Morgan fingerprint density at radius 3 is 2.78 bits per heavy atom. The maximum atomic E-state index is 5.46. The first kappa shape index (κ1) is 6.99. The average Bonchev–Trinajstić information content (AvgIpc) is 1.80. The summed E-state index contributed by atoms with van der Waals surface area (Å²) in [6.07, 6.45) is 1.71. The Morgan fingerprint density at radius 2 is 2.33 bits per heavy atom. The van der Waals surface area contributed by atoms with Crippen molar-refractivity contribution in [3.8, 4) is 0 Å². The first-order chi connectivity index (χ1) is 4.20. The van der Waals surface area contributed by atoms with E-state index < -0.39 is 0 Å². The maximum Gasteiger partial charge on any atom is 0.143 e. The fourth-order valence-electron chi connectivity index (χ4n) is 0.473. The third-order valence-electron chi connectivity index (χ3n) is 0.892. The summed E-state index contributed by atoms with van der Waals surface area (Å²) in [6.45, 7) is 1.81. The highest BCUT2D eigenvalue weighted by molar-refractivity contribution is 14.1. The molecular weight excluding hydrogens is 226 g/mol. The van der Waals surface area contributed by atoms with Gasteiger partial charge in [0.2, 0.25) is 0 Å². The van der Waals surface area contributed by atoms with E-state index in [0.29, 0.717) is 11.4 Å². The van der Waals surface area contributed by atoms with E-state index in [1.807, 2.05) is 6.92 Å². The number of nitrogens with zero attached hydrogens (tertiary/aromatic N) is 2. The van der Waals surface area contributed by atoms with E-state index in [1.165, 1.54) is 0 Å². The Labute approximate surface area is 68.6 Å². The minimum atomic E-state index is 0.558. The molecule has 0 N–H and O–H groups in total. The average molecular weight is 230 g/mol. The topological polar surface area (TPSA) is 25.8 Å². The standard InChI is InChI=1S/C5H4BIN2/c1-3-8-2-4(7)5(6)9-3/h2H,1H3. The van der Waals surface area contributed by atoms with Gasteiger partial charge in [-0.15, -0.1) is 0 Å². The van der Waals surface area contributed by atoms with Crippen molar-refractivity contribution in [1.29, 1.82) is 0 Å². The monoisotopic (exact) mass is 230 g/mol. The highest BCUT2D eigenvalue weighted by Gasteiger charge is 1.93. The lowest BCUT2D eigenvalue weighted by molar-refractivity contribution is 1.07. The molecule has 0 atom stereocenters. The third kappa shape index (κ3) is 1.64. The minimum Gasteiger partial charge on any atom is -0.249 e. The molecule has 0 spiro atoms. The quantitative estimate of drug-likeness (QED) is 0.469. The van der Waals surface area contributed by atoms with Gasteiger partial charge in [0.25, 0.3) is 0 Å².